The van der Waals surface area contributed by atoms with Gasteiger partial charge >= 0.3 is 0 Å². The van der Waals surface area contributed by atoms with Gasteiger partial charge in [-0.1, -0.05) is 6.08 Å². The topological polar surface area (TPSA) is 76.5 Å². The molecule has 0 aliphatic rings. The fourth-order valence-corrected chi connectivity index (χ4v) is 2.65. The summed E-state index contributed by atoms with van der Waals surface area (Å²) in [5.41, 5.74) is 5.39. The molecule has 0 aliphatic carbocycles. The summed E-state index contributed by atoms with van der Waals surface area (Å²) in [5, 5.41) is 0. The van der Waals surface area contributed by atoms with E-state index in [2.05, 4.69) is 6.58 Å². The average molecular weight is 244 g/mol. The van der Waals surface area contributed by atoms with Crippen molar-refractivity contribution in [1.29, 1.82) is 0 Å². The fourth-order valence-electron chi connectivity index (χ4n) is 1.33. The van der Waals surface area contributed by atoms with Gasteiger partial charge in [-0.15, -0.1) is 6.58 Å². The van der Waals surface area contributed by atoms with Gasteiger partial charge in [0.05, 0.1) is 6.54 Å². The minimum absolute atomic E-state index is 0.164. The molecule has 0 radical (unpaired) electrons. The number of rotatable bonds is 5. The number of nitrogens with zero attached hydrogens (tertiary/aromatic N) is 1. The third-order valence-electron chi connectivity index (χ3n) is 2.20. The van der Waals surface area contributed by atoms with Crippen LogP contribution in [0.5, 0.6) is 0 Å². The molecule has 0 unspecified atom stereocenters. The maximum Gasteiger partial charge on any atom is 0.246 e. The number of hydrogen-bond acceptors (Lipinski definition) is 4. The van der Waals surface area contributed by atoms with E-state index in [1.165, 1.54) is 23.5 Å². The van der Waals surface area contributed by atoms with Crippen LogP contribution in [0.15, 0.2) is 28.0 Å². The Labute approximate surface area is 95.6 Å². The van der Waals surface area contributed by atoms with Crippen molar-refractivity contribution in [1.82, 2.24) is 4.31 Å². The maximum absolute atomic E-state index is 12.0. The van der Waals surface area contributed by atoms with E-state index in [0.29, 0.717) is 11.5 Å². The Hall–Kier alpha value is -1.11. The number of aryl methyl sites for hydroxylation is 1. The standard InChI is InChI=1S/C10H16N2O3S/c1-4-5-12(3)16(13,14)10-6-9(7-11)15-8(10)2/h4,6H,1,5,7,11H2,2-3H3. The van der Waals surface area contributed by atoms with E-state index in [1.807, 2.05) is 0 Å². The monoisotopic (exact) mass is 244 g/mol. The predicted octanol–water partition coefficient (Wildman–Crippen LogP) is 0.853. The molecule has 0 saturated carbocycles. The summed E-state index contributed by atoms with van der Waals surface area (Å²) < 4.78 is 30.5. The van der Waals surface area contributed by atoms with Gasteiger partial charge in [0.1, 0.15) is 16.4 Å². The van der Waals surface area contributed by atoms with Gasteiger partial charge < -0.3 is 10.2 Å². The molecular formula is C10H16N2O3S. The van der Waals surface area contributed by atoms with Gasteiger partial charge in [0.15, 0.2) is 0 Å². The molecule has 6 heteroatoms. The zero-order valence-corrected chi connectivity index (χ0v) is 10.3. The second-order valence-electron chi connectivity index (χ2n) is 3.41. The van der Waals surface area contributed by atoms with E-state index in [4.69, 9.17) is 10.2 Å². The van der Waals surface area contributed by atoms with Crippen molar-refractivity contribution in [2.45, 2.75) is 18.4 Å². The molecule has 2 N–H and O–H groups in total. The van der Waals surface area contributed by atoms with Crippen LogP contribution in [0.4, 0.5) is 0 Å². The second-order valence-corrected chi connectivity index (χ2v) is 5.42. The molecule has 1 aromatic rings. The highest BCUT2D eigenvalue weighted by Crippen LogP contribution is 2.22. The van der Waals surface area contributed by atoms with Crippen LogP contribution >= 0.6 is 0 Å². The zero-order valence-electron chi connectivity index (χ0n) is 9.43. The summed E-state index contributed by atoms with van der Waals surface area (Å²) in [7, 11) is -2.02. The molecule has 0 bridgehead atoms. The van der Waals surface area contributed by atoms with Crippen molar-refractivity contribution in [3.8, 4) is 0 Å². The molecule has 90 valence electrons. The van der Waals surface area contributed by atoms with Crippen LogP contribution in [0.1, 0.15) is 11.5 Å². The summed E-state index contributed by atoms with van der Waals surface area (Å²) in [4.78, 5) is 0.164. The van der Waals surface area contributed by atoms with Crippen LogP contribution in [-0.2, 0) is 16.6 Å². The van der Waals surface area contributed by atoms with Gasteiger partial charge in [-0.2, -0.15) is 4.31 Å². The number of furan rings is 1. The minimum Gasteiger partial charge on any atom is -0.464 e. The molecule has 0 spiro atoms. The summed E-state index contributed by atoms with van der Waals surface area (Å²) in [6.45, 7) is 5.54. The van der Waals surface area contributed by atoms with Gasteiger partial charge in [-0.3, -0.25) is 0 Å². The van der Waals surface area contributed by atoms with Crippen LogP contribution in [0.2, 0.25) is 0 Å². The highest BCUT2D eigenvalue weighted by atomic mass is 32.2. The number of sulfonamides is 1. The lowest BCUT2D eigenvalue weighted by Crippen LogP contribution is -2.27. The molecule has 0 fully saturated rings. The van der Waals surface area contributed by atoms with Crippen molar-refractivity contribution in [2.24, 2.45) is 5.73 Å². The van der Waals surface area contributed by atoms with Crippen molar-refractivity contribution in [3.63, 3.8) is 0 Å². The first-order valence-electron chi connectivity index (χ1n) is 4.80. The first-order valence-corrected chi connectivity index (χ1v) is 6.24. The normalized spacial score (nSPS) is 12.0. The number of hydrogen-bond donors (Lipinski definition) is 1. The van der Waals surface area contributed by atoms with E-state index in [9.17, 15) is 8.42 Å². The van der Waals surface area contributed by atoms with E-state index in [0.717, 1.165) is 0 Å². The highest BCUT2D eigenvalue weighted by Gasteiger charge is 2.24. The minimum atomic E-state index is -3.51. The van der Waals surface area contributed by atoms with E-state index in [1.54, 1.807) is 6.92 Å². The first-order chi connectivity index (χ1) is 7.43. The Bertz CT molecular complexity index is 476. The first kappa shape index (κ1) is 13.0. The molecule has 0 saturated heterocycles. The molecule has 1 aromatic heterocycles. The van der Waals surface area contributed by atoms with Crippen LogP contribution < -0.4 is 5.73 Å². The Balaban J connectivity index is 3.16. The SMILES string of the molecule is C=CCN(C)S(=O)(=O)c1cc(CN)oc1C. The van der Waals surface area contributed by atoms with Gasteiger partial charge in [-0.05, 0) is 6.92 Å². The molecule has 0 aliphatic heterocycles. The van der Waals surface area contributed by atoms with E-state index >= 15 is 0 Å². The summed E-state index contributed by atoms with van der Waals surface area (Å²) in [6.07, 6.45) is 1.52. The lowest BCUT2D eigenvalue weighted by atomic mass is 10.4. The maximum atomic E-state index is 12.0. The van der Waals surface area contributed by atoms with Gasteiger partial charge in [0, 0.05) is 19.7 Å². The number of likely N-dealkylation sites (N-methyl/N-ethyl adjacent to an activating group) is 1. The van der Waals surface area contributed by atoms with Crippen molar-refractivity contribution in [2.75, 3.05) is 13.6 Å². The zero-order chi connectivity index (χ0) is 12.3. The molecule has 0 atom stereocenters. The summed E-state index contributed by atoms with van der Waals surface area (Å²) in [6, 6.07) is 1.46. The van der Waals surface area contributed by atoms with Crippen LogP contribution in [0.3, 0.4) is 0 Å². The Morgan fingerprint density at radius 2 is 2.25 bits per heavy atom. The molecule has 5 nitrogen and oxygen atoms in total. The number of nitrogens with two attached hydrogens (primary N) is 1. The summed E-state index contributed by atoms with van der Waals surface area (Å²) >= 11 is 0. The van der Waals surface area contributed by atoms with E-state index in [-0.39, 0.29) is 18.0 Å². The average Bonchev–Trinajstić information content (AvgIpc) is 2.60. The van der Waals surface area contributed by atoms with Crippen LogP contribution in [0, 0.1) is 6.92 Å². The fraction of sp³-hybridized carbons (Fsp3) is 0.400. The van der Waals surface area contributed by atoms with Gasteiger partial charge in [0.25, 0.3) is 0 Å². The lowest BCUT2D eigenvalue weighted by Gasteiger charge is -2.13. The predicted molar refractivity (Wildman–Crippen MR) is 61.3 cm³/mol. The van der Waals surface area contributed by atoms with Gasteiger partial charge in [0.2, 0.25) is 10.0 Å². The van der Waals surface area contributed by atoms with E-state index < -0.39 is 10.0 Å². The molecule has 1 heterocycles. The Morgan fingerprint density at radius 3 is 2.69 bits per heavy atom. The Kier molecular flexibility index (Phi) is 3.90. The van der Waals surface area contributed by atoms with Crippen LogP contribution in [0.25, 0.3) is 0 Å². The molecule has 0 amide bonds. The Morgan fingerprint density at radius 1 is 1.62 bits per heavy atom. The third-order valence-corrected chi connectivity index (χ3v) is 4.13. The molecule has 16 heavy (non-hydrogen) atoms. The lowest BCUT2D eigenvalue weighted by molar-refractivity contribution is 0.471. The quantitative estimate of drug-likeness (QED) is 0.779. The molecule has 0 aromatic carbocycles. The third kappa shape index (κ3) is 2.34. The van der Waals surface area contributed by atoms with Crippen molar-refractivity contribution < 1.29 is 12.8 Å². The molecular weight excluding hydrogens is 228 g/mol. The summed E-state index contributed by atoms with van der Waals surface area (Å²) in [5.74, 6) is 0.819. The van der Waals surface area contributed by atoms with Crippen molar-refractivity contribution in [3.05, 3.63) is 30.2 Å². The smallest absolute Gasteiger partial charge is 0.246 e. The van der Waals surface area contributed by atoms with Gasteiger partial charge in [-0.25, -0.2) is 8.42 Å². The molecule has 1 rings (SSSR count). The highest BCUT2D eigenvalue weighted by molar-refractivity contribution is 7.89. The second kappa shape index (κ2) is 4.82. The largest absolute Gasteiger partial charge is 0.464 e. The van der Waals surface area contributed by atoms with Crippen LogP contribution in [-0.4, -0.2) is 26.3 Å². The van der Waals surface area contributed by atoms with Crippen molar-refractivity contribution >= 4 is 10.0 Å².